The fourth-order valence-electron chi connectivity index (χ4n) is 3.55. The van der Waals surface area contributed by atoms with Gasteiger partial charge in [0, 0.05) is 26.2 Å². The molecule has 130 valence electrons. The summed E-state index contributed by atoms with van der Waals surface area (Å²) in [5.74, 6) is 0.681. The van der Waals surface area contributed by atoms with Crippen LogP contribution in [-0.4, -0.2) is 46.2 Å². The third kappa shape index (κ3) is 2.86. The zero-order valence-electron chi connectivity index (χ0n) is 14.0. The number of carbonyl (C=O) groups is 2. The first-order chi connectivity index (χ1) is 12.2. The molecule has 0 aliphatic carbocycles. The second kappa shape index (κ2) is 6.23. The number of benzene rings is 1. The maximum atomic E-state index is 13.0. The van der Waals surface area contributed by atoms with Gasteiger partial charge in [0.1, 0.15) is 5.75 Å². The van der Waals surface area contributed by atoms with Crippen molar-refractivity contribution in [1.82, 2.24) is 20.0 Å². The molecule has 2 atom stereocenters. The smallest absolute Gasteiger partial charge is 0.264 e. The van der Waals surface area contributed by atoms with Crippen LogP contribution in [0.15, 0.2) is 36.5 Å². The molecule has 1 aromatic carbocycles. The summed E-state index contributed by atoms with van der Waals surface area (Å²) in [5, 5.41) is 6.95. The molecule has 0 unspecified atom stereocenters. The van der Waals surface area contributed by atoms with Gasteiger partial charge < -0.3 is 15.0 Å². The third-order valence-corrected chi connectivity index (χ3v) is 4.82. The number of nitrogens with one attached hydrogen (secondary N) is 1. The molecule has 3 heterocycles. The van der Waals surface area contributed by atoms with E-state index in [2.05, 4.69) is 10.4 Å². The number of para-hydroxylation sites is 1. The molecule has 2 aromatic rings. The Morgan fingerprint density at radius 1 is 1.32 bits per heavy atom. The van der Waals surface area contributed by atoms with Gasteiger partial charge in [-0.2, -0.15) is 5.10 Å². The highest BCUT2D eigenvalue weighted by Crippen LogP contribution is 2.30. The van der Waals surface area contributed by atoms with E-state index in [1.165, 1.54) is 0 Å². The van der Waals surface area contributed by atoms with Crippen LogP contribution in [0.4, 0.5) is 0 Å². The minimum Gasteiger partial charge on any atom is -0.480 e. The first-order valence-corrected chi connectivity index (χ1v) is 8.42. The van der Waals surface area contributed by atoms with Crippen LogP contribution in [-0.2, 0) is 22.6 Å². The van der Waals surface area contributed by atoms with Gasteiger partial charge in [0.05, 0.1) is 24.7 Å². The zero-order chi connectivity index (χ0) is 17.4. The quantitative estimate of drug-likeness (QED) is 0.901. The topological polar surface area (TPSA) is 76.5 Å². The summed E-state index contributed by atoms with van der Waals surface area (Å²) in [4.78, 5) is 26.6. The highest BCUT2D eigenvalue weighted by molar-refractivity contribution is 5.83. The highest BCUT2D eigenvalue weighted by atomic mass is 16.5. The van der Waals surface area contributed by atoms with Crippen molar-refractivity contribution in [2.75, 3.05) is 13.6 Å². The van der Waals surface area contributed by atoms with Crippen LogP contribution >= 0.6 is 0 Å². The number of carbonyl (C=O) groups excluding carboxylic acids is 2. The van der Waals surface area contributed by atoms with Gasteiger partial charge in [-0.3, -0.25) is 14.3 Å². The van der Waals surface area contributed by atoms with Gasteiger partial charge in [-0.1, -0.05) is 18.2 Å². The minimum atomic E-state index is -0.493. The van der Waals surface area contributed by atoms with Crippen LogP contribution < -0.4 is 10.1 Å². The SMILES string of the molecule is CNC(=O)C[C@@H]1CN(C(=O)[C@@H]2Cc3ccccc3O2)Cc2ccnn21. The van der Waals surface area contributed by atoms with E-state index in [1.54, 1.807) is 18.1 Å². The zero-order valence-corrected chi connectivity index (χ0v) is 14.0. The monoisotopic (exact) mass is 340 g/mol. The number of amides is 2. The van der Waals surface area contributed by atoms with Crippen molar-refractivity contribution in [3.05, 3.63) is 47.8 Å². The number of ether oxygens (including phenoxy) is 1. The van der Waals surface area contributed by atoms with E-state index in [0.29, 0.717) is 25.9 Å². The van der Waals surface area contributed by atoms with Gasteiger partial charge in [-0.15, -0.1) is 0 Å². The van der Waals surface area contributed by atoms with E-state index in [4.69, 9.17) is 4.74 Å². The van der Waals surface area contributed by atoms with Gasteiger partial charge >= 0.3 is 0 Å². The second-order valence-electron chi connectivity index (χ2n) is 6.44. The molecule has 2 aliphatic rings. The van der Waals surface area contributed by atoms with Crippen LogP contribution in [0.25, 0.3) is 0 Å². The number of hydrogen-bond donors (Lipinski definition) is 1. The molecular formula is C18H20N4O3. The maximum absolute atomic E-state index is 13.0. The largest absolute Gasteiger partial charge is 0.480 e. The molecule has 0 radical (unpaired) electrons. The summed E-state index contributed by atoms with van der Waals surface area (Å²) in [5.41, 5.74) is 1.99. The molecule has 25 heavy (non-hydrogen) atoms. The molecule has 0 saturated carbocycles. The summed E-state index contributed by atoms with van der Waals surface area (Å²) >= 11 is 0. The molecule has 1 N–H and O–H groups in total. The molecule has 0 fully saturated rings. The number of aromatic nitrogens is 2. The van der Waals surface area contributed by atoms with Crippen LogP contribution in [0.3, 0.4) is 0 Å². The van der Waals surface area contributed by atoms with Crippen LogP contribution in [0.5, 0.6) is 5.75 Å². The normalized spacial score (nSPS) is 21.2. The first-order valence-electron chi connectivity index (χ1n) is 8.42. The van der Waals surface area contributed by atoms with Crippen molar-refractivity contribution in [1.29, 1.82) is 0 Å². The molecule has 0 saturated heterocycles. The Morgan fingerprint density at radius 2 is 2.16 bits per heavy atom. The number of nitrogens with zero attached hydrogens (tertiary/aromatic N) is 3. The van der Waals surface area contributed by atoms with E-state index in [1.807, 2.05) is 35.0 Å². The van der Waals surface area contributed by atoms with Gasteiger partial charge in [-0.25, -0.2) is 0 Å². The maximum Gasteiger partial charge on any atom is 0.264 e. The van der Waals surface area contributed by atoms with Gasteiger partial charge in [0.2, 0.25) is 5.91 Å². The third-order valence-electron chi connectivity index (χ3n) is 4.82. The van der Waals surface area contributed by atoms with Crippen molar-refractivity contribution in [2.45, 2.75) is 31.5 Å². The minimum absolute atomic E-state index is 0.0365. The van der Waals surface area contributed by atoms with E-state index >= 15 is 0 Å². The Balaban J connectivity index is 1.51. The van der Waals surface area contributed by atoms with Gasteiger partial charge in [0.15, 0.2) is 6.10 Å². The lowest BCUT2D eigenvalue weighted by atomic mass is 10.1. The molecule has 7 nitrogen and oxygen atoms in total. The van der Waals surface area contributed by atoms with Crippen molar-refractivity contribution >= 4 is 11.8 Å². The molecule has 2 amide bonds. The molecule has 7 heteroatoms. The predicted molar refractivity (Wildman–Crippen MR) is 89.9 cm³/mol. The fourth-order valence-corrected chi connectivity index (χ4v) is 3.55. The van der Waals surface area contributed by atoms with Crippen LogP contribution in [0.1, 0.15) is 23.7 Å². The first kappa shape index (κ1) is 15.7. The van der Waals surface area contributed by atoms with Crippen LogP contribution in [0, 0.1) is 0 Å². The number of rotatable bonds is 3. The molecule has 0 bridgehead atoms. The van der Waals surface area contributed by atoms with E-state index in [-0.39, 0.29) is 17.9 Å². The number of hydrogen-bond acceptors (Lipinski definition) is 4. The van der Waals surface area contributed by atoms with Gasteiger partial charge in [0.25, 0.3) is 5.91 Å². The van der Waals surface area contributed by atoms with E-state index in [9.17, 15) is 9.59 Å². The molecule has 2 aliphatic heterocycles. The van der Waals surface area contributed by atoms with Gasteiger partial charge in [-0.05, 0) is 17.7 Å². The Morgan fingerprint density at radius 3 is 2.96 bits per heavy atom. The fraction of sp³-hybridized carbons (Fsp3) is 0.389. The average molecular weight is 340 g/mol. The van der Waals surface area contributed by atoms with E-state index < -0.39 is 6.10 Å². The van der Waals surface area contributed by atoms with Crippen molar-refractivity contribution < 1.29 is 14.3 Å². The highest BCUT2D eigenvalue weighted by Gasteiger charge is 2.36. The van der Waals surface area contributed by atoms with E-state index in [0.717, 1.165) is 17.0 Å². The summed E-state index contributed by atoms with van der Waals surface area (Å²) in [7, 11) is 1.61. The Kier molecular flexibility index (Phi) is 3.91. The Hall–Kier alpha value is -2.83. The van der Waals surface area contributed by atoms with Crippen molar-refractivity contribution in [2.24, 2.45) is 0 Å². The predicted octanol–water partition coefficient (Wildman–Crippen LogP) is 0.906. The summed E-state index contributed by atoms with van der Waals surface area (Å²) in [6, 6.07) is 9.47. The van der Waals surface area contributed by atoms with Crippen molar-refractivity contribution in [3.63, 3.8) is 0 Å². The van der Waals surface area contributed by atoms with Crippen molar-refractivity contribution in [3.8, 4) is 5.75 Å². The summed E-state index contributed by atoms with van der Waals surface area (Å²) < 4.78 is 7.69. The summed E-state index contributed by atoms with van der Waals surface area (Å²) in [6.45, 7) is 0.941. The molecule has 0 spiro atoms. The average Bonchev–Trinajstić information content (AvgIpc) is 3.27. The number of fused-ring (bicyclic) bond motifs is 2. The Labute approximate surface area is 145 Å². The molecule has 4 rings (SSSR count). The van der Waals surface area contributed by atoms with Crippen LogP contribution in [0.2, 0.25) is 0 Å². The lowest BCUT2D eigenvalue weighted by molar-refractivity contribution is -0.140. The molecule has 1 aromatic heterocycles. The summed E-state index contributed by atoms with van der Waals surface area (Å²) in [6.07, 6.45) is 2.10. The lowest BCUT2D eigenvalue weighted by Crippen LogP contribution is -2.47. The lowest BCUT2D eigenvalue weighted by Gasteiger charge is -2.34. The Bertz CT molecular complexity index is 791. The second-order valence-corrected chi connectivity index (χ2v) is 6.44. The molecular weight excluding hydrogens is 320 g/mol. The standard InChI is InChI=1S/C18H20N4O3/c1-19-17(23)9-14-11-21(10-13-6-7-20-22(13)14)18(24)16-8-12-4-2-3-5-15(12)25-16/h2-7,14,16H,8-11H2,1H3,(H,19,23)/t14-,16+/m1/s1.